The maximum absolute atomic E-state index is 5.74. The van der Waals surface area contributed by atoms with Crippen LogP contribution < -0.4 is 0 Å². The molecule has 1 fully saturated rings. The number of hydrogen-bond acceptors (Lipinski definition) is 5. The topological polar surface area (TPSA) is 38.2 Å². The summed E-state index contributed by atoms with van der Waals surface area (Å²) in [5, 5.41) is 8.79. The normalized spacial score (nSPS) is 18.6. The van der Waals surface area contributed by atoms with Crippen LogP contribution in [0.1, 0.15) is 17.8 Å². The summed E-state index contributed by atoms with van der Waals surface area (Å²) in [4.78, 5) is 2.30. The van der Waals surface area contributed by atoms with Crippen molar-refractivity contribution in [3.63, 3.8) is 0 Å². The van der Waals surface area contributed by atoms with Gasteiger partial charge >= 0.3 is 0 Å². The minimum Gasteiger partial charge on any atom is -0.381 e. The molecule has 0 bridgehead atoms. The molecule has 15 heavy (non-hydrogen) atoms. The van der Waals surface area contributed by atoms with Crippen LogP contribution in [0, 0.1) is 0 Å². The Labute approximate surface area is 98.2 Å². The van der Waals surface area contributed by atoms with E-state index in [-0.39, 0.29) is 0 Å². The zero-order valence-electron chi connectivity index (χ0n) is 8.65. The average molecular weight is 248 g/mol. The van der Waals surface area contributed by atoms with E-state index in [0.29, 0.717) is 10.5 Å². The third-order valence-corrected chi connectivity index (χ3v) is 3.64. The Morgan fingerprint density at radius 2 is 2.20 bits per heavy atom. The van der Waals surface area contributed by atoms with Crippen LogP contribution in [0.25, 0.3) is 0 Å². The summed E-state index contributed by atoms with van der Waals surface area (Å²) in [7, 11) is 2.12. The minimum absolute atomic E-state index is 0.519. The van der Waals surface area contributed by atoms with Crippen molar-refractivity contribution >= 4 is 22.9 Å². The molecule has 1 saturated heterocycles. The van der Waals surface area contributed by atoms with Gasteiger partial charge in [0, 0.05) is 19.3 Å². The van der Waals surface area contributed by atoms with Gasteiger partial charge in [-0.1, -0.05) is 11.3 Å². The Bertz CT molecular complexity index is 314. The SMILES string of the molecule is CN(Cc1nnc(Cl)s1)C1CCOCC1. The highest BCUT2D eigenvalue weighted by molar-refractivity contribution is 7.15. The Morgan fingerprint density at radius 1 is 1.47 bits per heavy atom. The number of aromatic nitrogens is 2. The molecule has 0 radical (unpaired) electrons. The zero-order chi connectivity index (χ0) is 10.7. The fourth-order valence-corrected chi connectivity index (χ4v) is 2.70. The van der Waals surface area contributed by atoms with E-state index in [2.05, 4.69) is 22.1 Å². The molecule has 0 aromatic carbocycles. The summed E-state index contributed by atoms with van der Waals surface area (Å²) < 4.78 is 5.85. The number of halogens is 1. The molecule has 0 amide bonds. The first-order valence-corrected chi connectivity index (χ1v) is 6.21. The van der Waals surface area contributed by atoms with E-state index >= 15 is 0 Å². The molecule has 0 unspecified atom stereocenters. The summed E-state index contributed by atoms with van der Waals surface area (Å²) in [5.74, 6) is 0. The van der Waals surface area contributed by atoms with E-state index in [0.717, 1.165) is 37.6 Å². The third kappa shape index (κ3) is 3.11. The third-order valence-electron chi connectivity index (χ3n) is 2.64. The van der Waals surface area contributed by atoms with Crippen molar-refractivity contribution in [3.8, 4) is 0 Å². The van der Waals surface area contributed by atoms with Crippen molar-refractivity contribution in [2.75, 3.05) is 20.3 Å². The van der Waals surface area contributed by atoms with Gasteiger partial charge in [0.1, 0.15) is 5.01 Å². The van der Waals surface area contributed by atoms with Gasteiger partial charge in [-0.3, -0.25) is 4.90 Å². The lowest BCUT2D eigenvalue weighted by Crippen LogP contribution is -2.36. The second kappa shape index (κ2) is 5.21. The van der Waals surface area contributed by atoms with E-state index in [1.165, 1.54) is 11.3 Å². The van der Waals surface area contributed by atoms with Gasteiger partial charge < -0.3 is 4.74 Å². The number of rotatable bonds is 3. The Hall–Kier alpha value is -0.230. The molecule has 4 nitrogen and oxygen atoms in total. The van der Waals surface area contributed by atoms with E-state index in [9.17, 15) is 0 Å². The van der Waals surface area contributed by atoms with Crippen molar-refractivity contribution in [1.82, 2.24) is 15.1 Å². The lowest BCUT2D eigenvalue weighted by atomic mass is 10.1. The summed E-state index contributed by atoms with van der Waals surface area (Å²) in [5.41, 5.74) is 0. The van der Waals surface area contributed by atoms with Crippen LogP contribution >= 0.6 is 22.9 Å². The Balaban J connectivity index is 1.88. The van der Waals surface area contributed by atoms with Gasteiger partial charge in [0.15, 0.2) is 0 Å². The van der Waals surface area contributed by atoms with Gasteiger partial charge in [-0.25, -0.2) is 0 Å². The van der Waals surface area contributed by atoms with Crippen LogP contribution in [0.2, 0.25) is 4.47 Å². The predicted molar refractivity (Wildman–Crippen MR) is 60.2 cm³/mol. The number of ether oxygens (including phenoxy) is 1. The van der Waals surface area contributed by atoms with Gasteiger partial charge in [0.2, 0.25) is 4.47 Å². The minimum atomic E-state index is 0.519. The number of nitrogens with zero attached hydrogens (tertiary/aromatic N) is 3. The molecular weight excluding hydrogens is 234 g/mol. The zero-order valence-corrected chi connectivity index (χ0v) is 10.2. The van der Waals surface area contributed by atoms with Crippen LogP contribution in [0.15, 0.2) is 0 Å². The second-order valence-electron chi connectivity index (χ2n) is 3.71. The predicted octanol–water partition coefficient (Wildman–Crippen LogP) is 1.80. The molecule has 1 aliphatic heterocycles. The largest absolute Gasteiger partial charge is 0.381 e. The van der Waals surface area contributed by atoms with E-state index < -0.39 is 0 Å². The van der Waals surface area contributed by atoms with Crippen LogP contribution in [-0.4, -0.2) is 41.4 Å². The van der Waals surface area contributed by atoms with Gasteiger partial charge in [-0.05, 0) is 31.5 Å². The van der Waals surface area contributed by atoms with Crippen molar-refractivity contribution in [2.45, 2.75) is 25.4 Å². The Kier molecular flexibility index (Phi) is 3.91. The maximum Gasteiger partial charge on any atom is 0.207 e. The first kappa shape index (κ1) is 11.3. The Morgan fingerprint density at radius 3 is 2.80 bits per heavy atom. The molecule has 2 rings (SSSR count). The summed E-state index contributed by atoms with van der Waals surface area (Å²) >= 11 is 7.19. The summed E-state index contributed by atoms with van der Waals surface area (Å²) in [6, 6.07) is 0.599. The number of hydrogen-bond donors (Lipinski definition) is 0. The molecule has 0 aliphatic carbocycles. The lowest BCUT2D eigenvalue weighted by molar-refractivity contribution is 0.0406. The van der Waals surface area contributed by atoms with E-state index in [1.54, 1.807) is 0 Å². The average Bonchev–Trinajstić information content (AvgIpc) is 2.65. The summed E-state index contributed by atoms with van der Waals surface area (Å²) in [6.45, 7) is 2.56. The monoisotopic (exact) mass is 247 g/mol. The molecule has 1 aromatic rings. The van der Waals surface area contributed by atoms with Crippen molar-refractivity contribution < 1.29 is 4.74 Å². The fraction of sp³-hybridized carbons (Fsp3) is 0.778. The molecule has 0 N–H and O–H groups in total. The molecule has 1 aliphatic rings. The van der Waals surface area contributed by atoms with E-state index in [4.69, 9.17) is 16.3 Å². The molecule has 6 heteroatoms. The molecular formula is C9H14ClN3OS. The van der Waals surface area contributed by atoms with Gasteiger partial charge in [0.25, 0.3) is 0 Å². The standard InChI is InChI=1S/C9H14ClN3OS/c1-13(7-2-4-14-5-3-7)6-8-11-12-9(10)15-8/h7H,2-6H2,1H3. The highest BCUT2D eigenvalue weighted by Gasteiger charge is 2.19. The molecule has 2 heterocycles. The quantitative estimate of drug-likeness (QED) is 0.817. The van der Waals surface area contributed by atoms with Gasteiger partial charge in [-0.15, -0.1) is 10.2 Å². The highest BCUT2D eigenvalue weighted by Crippen LogP contribution is 2.19. The van der Waals surface area contributed by atoms with Gasteiger partial charge in [0.05, 0.1) is 6.54 Å². The maximum atomic E-state index is 5.74. The van der Waals surface area contributed by atoms with Crippen molar-refractivity contribution in [3.05, 3.63) is 9.47 Å². The first-order chi connectivity index (χ1) is 7.25. The van der Waals surface area contributed by atoms with Crippen LogP contribution in [0.5, 0.6) is 0 Å². The van der Waals surface area contributed by atoms with Crippen LogP contribution in [0.3, 0.4) is 0 Å². The fourth-order valence-electron chi connectivity index (χ4n) is 1.77. The first-order valence-electron chi connectivity index (χ1n) is 5.01. The van der Waals surface area contributed by atoms with Crippen LogP contribution in [0.4, 0.5) is 0 Å². The van der Waals surface area contributed by atoms with Crippen LogP contribution in [-0.2, 0) is 11.3 Å². The van der Waals surface area contributed by atoms with Gasteiger partial charge in [-0.2, -0.15) is 0 Å². The molecule has 0 spiro atoms. The smallest absolute Gasteiger partial charge is 0.207 e. The van der Waals surface area contributed by atoms with Crippen molar-refractivity contribution in [2.24, 2.45) is 0 Å². The molecule has 0 atom stereocenters. The second-order valence-corrected chi connectivity index (χ2v) is 5.35. The molecule has 1 aromatic heterocycles. The molecule has 84 valence electrons. The lowest BCUT2D eigenvalue weighted by Gasteiger charge is -2.30. The molecule has 0 saturated carbocycles. The van der Waals surface area contributed by atoms with Crippen molar-refractivity contribution in [1.29, 1.82) is 0 Å². The highest BCUT2D eigenvalue weighted by atomic mass is 35.5. The summed E-state index contributed by atoms with van der Waals surface area (Å²) in [6.07, 6.45) is 2.20. The van der Waals surface area contributed by atoms with E-state index in [1.807, 2.05) is 0 Å².